The Balaban J connectivity index is 1.82. The standard InChI is InChI=1S/C13H11ClN2O2/c14-11-5-9(6-13(17)8-1-2-8)15-7-10(11)12-3-4-18-16-12/h3-5,7-8H,1-2,6H2. The average Bonchev–Trinajstić information content (AvgIpc) is 3.07. The maximum absolute atomic E-state index is 11.7. The van der Waals surface area contributed by atoms with Crippen molar-refractivity contribution in [1.29, 1.82) is 0 Å². The third kappa shape index (κ3) is 2.29. The molecule has 0 aliphatic heterocycles. The predicted molar refractivity (Wildman–Crippen MR) is 66.2 cm³/mol. The third-order valence-corrected chi connectivity index (χ3v) is 3.32. The number of carbonyl (C=O) groups excluding carboxylic acids is 1. The Bertz CT molecular complexity index is 577. The van der Waals surface area contributed by atoms with E-state index in [2.05, 4.69) is 10.1 Å². The van der Waals surface area contributed by atoms with Gasteiger partial charge in [-0.3, -0.25) is 9.78 Å². The molecule has 0 bridgehead atoms. The summed E-state index contributed by atoms with van der Waals surface area (Å²) in [7, 11) is 0. The number of ketones is 1. The summed E-state index contributed by atoms with van der Waals surface area (Å²) >= 11 is 6.17. The second-order valence-electron chi connectivity index (χ2n) is 4.46. The summed E-state index contributed by atoms with van der Waals surface area (Å²) in [5, 5.41) is 4.35. The molecule has 1 saturated carbocycles. The highest BCUT2D eigenvalue weighted by molar-refractivity contribution is 6.33. The van der Waals surface area contributed by atoms with Crippen LogP contribution in [0.5, 0.6) is 0 Å². The van der Waals surface area contributed by atoms with Crippen molar-refractivity contribution in [2.24, 2.45) is 5.92 Å². The van der Waals surface area contributed by atoms with Gasteiger partial charge >= 0.3 is 0 Å². The number of halogens is 1. The highest BCUT2D eigenvalue weighted by Crippen LogP contribution is 2.31. The molecule has 0 spiro atoms. The van der Waals surface area contributed by atoms with Crippen LogP contribution >= 0.6 is 11.6 Å². The van der Waals surface area contributed by atoms with E-state index in [-0.39, 0.29) is 11.7 Å². The normalized spacial score (nSPS) is 14.7. The molecule has 18 heavy (non-hydrogen) atoms. The van der Waals surface area contributed by atoms with Crippen LogP contribution in [-0.4, -0.2) is 15.9 Å². The van der Waals surface area contributed by atoms with E-state index < -0.39 is 0 Å². The van der Waals surface area contributed by atoms with Crippen LogP contribution in [0.2, 0.25) is 5.02 Å². The van der Waals surface area contributed by atoms with Crippen LogP contribution < -0.4 is 0 Å². The van der Waals surface area contributed by atoms with Crippen molar-refractivity contribution in [3.05, 3.63) is 35.3 Å². The van der Waals surface area contributed by atoms with Crippen molar-refractivity contribution in [2.45, 2.75) is 19.3 Å². The Hall–Kier alpha value is -1.68. The van der Waals surface area contributed by atoms with E-state index >= 15 is 0 Å². The van der Waals surface area contributed by atoms with Crippen LogP contribution in [0.15, 0.2) is 29.1 Å². The first-order valence-electron chi connectivity index (χ1n) is 5.82. The lowest BCUT2D eigenvalue weighted by Crippen LogP contribution is -2.06. The number of hydrogen-bond donors (Lipinski definition) is 0. The second kappa shape index (κ2) is 4.53. The summed E-state index contributed by atoms with van der Waals surface area (Å²) < 4.78 is 4.77. The third-order valence-electron chi connectivity index (χ3n) is 3.01. The summed E-state index contributed by atoms with van der Waals surface area (Å²) in [6, 6.07) is 3.45. The van der Waals surface area contributed by atoms with Gasteiger partial charge in [0.05, 0.1) is 5.02 Å². The topological polar surface area (TPSA) is 56.0 Å². The molecule has 92 valence electrons. The van der Waals surface area contributed by atoms with Crippen molar-refractivity contribution in [3.8, 4) is 11.3 Å². The Morgan fingerprint density at radius 1 is 1.50 bits per heavy atom. The SMILES string of the molecule is O=C(Cc1cc(Cl)c(-c2ccon2)cn1)C1CC1. The van der Waals surface area contributed by atoms with Gasteiger partial charge in [-0.2, -0.15) is 0 Å². The quantitative estimate of drug-likeness (QED) is 0.850. The van der Waals surface area contributed by atoms with Gasteiger partial charge in [-0.25, -0.2) is 0 Å². The molecule has 1 fully saturated rings. The molecular weight excluding hydrogens is 252 g/mol. The van der Waals surface area contributed by atoms with Crippen molar-refractivity contribution in [1.82, 2.24) is 10.1 Å². The van der Waals surface area contributed by atoms with Gasteiger partial charge in [0.15, 0.2) is 0 Å². The van der Waals surface area contributed by atoms with Gasteiger partial charge in [0.1, 0.15) is 17.7 Å². The second-order valence-corrected chi connectivity index (χ2v) is 4.86. The Labute approximate surface area is 109 Å². The van der Waals surface area contributed by atoms with Gasteiger partial charge < -0.3 is 4.52 Å². The molecule has 2 aromatic rings. The van der Waals surface area contributed by atoms with Gasteiger partial charge in [0.25, 0.3) is 0 Å². The Kier molecular flexibility index (Phi) is 2.88. The summed E-state index contributed by atoms with van der Waals surface area (Å²) in [6.07, 6.45) is 5.52. The van der Waals surface area contributed by atoms with E-state index in [9.17, 15) is 4.79 Å². The number of aromatic nitrogens is 2. The number of pyridine rings is 1. The summed E-state index contributed by atoms with van der Waals surface area (Å²) in [5.41, 5.74) is 2.07. The molecule has 0 N–H and O–H groups in total. The maximum Gasteiger partial charge on any atom is 0.141 e. The molecule has 0 amide bonds. The highest BCUT2D eigenvalue weighted by Gasteiger charge is 2.29. The van der Waals surface area contributed by atoms with Crippen LogP contribution in [0, 0.1) is 5.92 Å². The Morgan fingerprint density at radius 3 is 2.94 bits per heavy atom. The van der Waals surface area contributed by atoms with E-state index in [0.717, 1.165) is 12.8 Å². The van der Waals surface area contributed by atoms with Crippen LogP contribution in [0.25, 0.3) is 11.3 Å². The van der Waals surface area contributed by atoms with Gasteiger partial charge in [-0.15, -0.1) is 0 Å². The zero-order chi connectivity index (χ0) is 12.5. The minimum Gasteiger partial charge on any atom is -0.364 e. The minimum absolute atomic E-state index is 0.251. The fraction of sp³-hybridized carbons (Fsp3) is 0.308. The number of Topliss-reactive ketones (excluding diaryl/α,β-unsaturated/α-hetero) is 1. The molecule has 5 heteroatoms. The molecule has 0 atom stereocenters. The lowest BCUT2D eigenvalue weighted by atomic mass is 10.1. The van der Waals surface area contributed by atoms with E-state index in [1.165, 1.54) is 6.26 Å². The highest BCUT2D eigenvalue weighted by atomic mass is 35.5. The average molecular weight is 263 g/mol. The fourth-order valence-electron chi connectivity index (χ4n) is 1.84. The fourth-order valence-corrected chi connectivity index (χ4v) is 2.11. The minimum atomic E-state index is 0.251. The number of rotatable bonds is 4. The zero-order valence-electron chi connectivity index (χ0n) is 9.60. The number of carbonyl (C=O) groups is 1. The van der Waals surface area contributed by atoms with E-state index in [1.54, 1.807) is 18.3 Å². The van der Waals surface area contributed by atoms with Gasteiger partial charge in [0.2, 0.25) is 0 Å². The van der Waals surface area contributed by atoms with Crippen molar-refractivity contribution in [2.75, 3.05) is 0 Å². The Morgan fingerprint density at radius 2 is 2.33 bits per heavy atom. The molecular formula is C13H11ClN2O2. The van der Waals surface area contributed by atoms with Crippen LogP contribution in [0.4, 0.5) is 0 Å². The molecule has 0 aromatic carbocycles. The van der Waals surface area contributed by atoms with Gasteiger partial charge in [0, 0.05) is 35.9 Å². The van der Waals surface area contributed by atoms with E-state index in [4.69, 9.17) is 16.1 Å². The summed E-state index contributed by atoms with van der Waals surface area (Å²) in [4.78, 5) is 15.9. The first-order chi connectivity index (χ1) is 8.74. The smallest absolute Gasteiger partial charge is 0.141 e. The molecule has 0 radical (unpaired) electrons. The molecule has 3 rings (SSSR count). The van der Waals surface area contributed by atoms with Crippen LogP contribution in [-0.2, 0) is 11.2 Å². The van der Waals surface area contributed by atoms with Crippen molar-refractivity contribution < 1.29 is 9.32 Å². The molecule has 2 aromatic heterocycles. The largest absolute Gasteiger partial charge is 0.364 e. The number of nitrogens with zero attached hydrogens (tertiary/aromatic N) is 2. The monoisotopic (exact) mass is 262 g/mol. The summed E-state index contributed by atoms with van der Waals surface area (Å²) in [6.45, 7) is 0. The molecule has 1 aliphatic carbocycles. The van der Waals surface area contributed by atoms with Crippen LogP contribution in [0.1, 0.15) is 18.5 Å². The lowest BCUT2D eigenvalue weighted by Gasteiger charge is -2.03. The van der Waals surface area contributed by atoms with Crippen LogP contribution in [0.3, 0.4) is 0 Å². The molecule has 4 nitrogen and oxygen atoms in total. The molecule has 2 heterocycles. The maximum atomic E-state index is 11.7. The zero-order valence-corrected chi connectivity index (χ0v) is 10.4. The lowest BCUT2D eigenvalue weighted by molar-refractivity contribution is -0.119. The van der Waals surface area contributed by atoms with Gasteiger partial charge in [-0.1, -0.05) is 16.8 Å². The first kappa shape index (κ1) is 11.4. The summed E-state index contributed by atoms with van der Waals surface area (Å²) in [5.74, 6) is 0.508. The van der Waals surface area contributed by atoms with Crippen molar-refractivity contribution >= 4 is 17.4 Å². The van der Waals surface area contributed by atoms with Crippen molar-refractivity contribution in [3.63, 3.8) is 0 Å². The van der Waals surface area contributed by atoms with E-state index in [1.807, 2.05) is 0 Å². The number of hydrogen-bond acceptors (Lipinski definition) is 4. The molecule has 0 saturated heterocycles. The van der Waals surface area contributed by atoms with Gasteiger partial charge in [-0.05, 0) is 18.9 Å². The first-order valence-corrected chi connectivity index (χ1v) is 6.20. The predicted octanol–water partition coefficient (Wildman–Crippen LogP) is 2.91. The molecule has 0 unspecified atom stereocenters. The van der Waals surface area contributed by atoms with E-state index in [0.29, 0.717) is 28.4 Å². The molecule has 1 aliphatic rings.